The maximum Gasteiger partial charge on any atom is 0.250 e. The number of aryl methyl sites for hydroxylation is 1. The zero-order valence-electron chi connectivity index (χ0n) is 14.2. The van der Waals surface area contributed by atoms with Crippen molar-refractivity contribution in [1.29, 1.82) is 0 Å². The van der Waals surface area contributed by atoms with Gasteiger partial charge in [0.15, 0.2) is 0 Å². The highest BCUT2D eigenvalue weighted by Crippen LogP contribution is 2.39. The number of hydrogen-bond acceptors (Lipinski definition) is 2. The average molecular weight is 321 g/mol. The van der Waals surface area contributed by atoms with Gasteiger partial charge in [-0.15, -0.1) is 18.3 Å². The van der Waals surface area contributed by atoms with Gasteiger partial charge in [-0.1, -0.05) is 51.1 Å². The van der Waals surface area contributed by atoms with Crippen LogP contribution in [0.1, 0.15) is 26.3 Å². The van der Waals surface area contributed by atoms with E-state index in [4.69, 9.17) is 4.43 Å². The first-order chi connectivity index (χ1) is 9.56. The van der Waals surface area contributed by atoms with Crippen LogP contribution >= 0.6 is 11.8 Å². The molecule has 1 rings (SSSR count). The standard InChI is InChI=1S/C18H28OSSi/c1-9-17(20-16-12-10-14(2)11-13-16)15(3)19-21(7,8)18(4,5)6/h9-13,17H,1,3H2,2,4-8H3/t17-/m1/s1. The molecule has 1 atom stereocenters. The molecule has 0 amide bonds. The van der Waals surface area contributed by atoms with Crippen LogP contribution in [0.3, 0.4) is 0 Å². The molecule has 0 aliphatic carbocycles. The van der Waals surface area contributed by atoms with Crippen molar-refractivity contribution in [2.45, 2.75) is 56.0 Å². The lowest BCUT2D eigenvalue weighted by Crippen LogP contribution is -2.41. The Labute approximate surface area is 135 Å². The summed E-state index contributed by atoms with van der Waals surface area (Å²) in [5, 5.41) is 0.262. The van der Waals surface area contributed by atoms with Gasteiger partial charge in [0.1, 0.15) is 0 Å². The fourth-order valence-corrected chi connectivity index (χ4v) is 3.58. The van der Waals surface area contributed by atoms with Gasteiger partial charge in [-0.25, -0.2) is 0 Å². The van der Waals surface area contributed by atoms with E-state index >= 15 is 0 Å². The highest BCUT2D eigenvalue weighted by atomic mass is 32.2. The van der Waals surface area contributed by atoms with Gasteiger partial charge in [0.05, 0.1) is 11.0 Å². The molecule has 116 valence electrons. The lowest BCUT2D eigenvalue weighted by atomic mass is 10.2. The third-order valence-electron chi connectivity index (χ3n) is 4.01. The van der Waals surface area contributed by atoms with Gasteiger partial charge in [-0.3, -0.25) is 0 Å². The number of rotatable bonds is 6. The lowest BCUT2D eigenvalue weighted by Gasteiger charge is -2.38. The molecule has 0 heterocycles. The van der Waals surface area contributed by atoms with E-state index in [2.05, 4.69) is 78.2 Å². The largest absolute Gasteiger partial charge is 0.546 e. The Morgan fingerprint density at radius 1 is 1.24 bits per heavy atom. The van der Waals surface area contributed by atoms with Gasteiger partial charge >= 0.3 is 0 Å². The lowest BCUT2D eigenvalue weighted by molar-refractivity contribution is 0.381. The number of thioether (sulfide) groups is 1. The molecule has 1 nitrogen and oxygen atoms in total. The van der Waals surface area contributed by atoms with Gasteiger partial charge in [-0.2, -0.15) is 0 Å². The third-order valence-corrected chi connectivity index (χ3v) is 9.65. The summed E-state index contributed by atoms with van der Waals surface area (Å²) in [4.78, 5) is 1.21. The highest BCUT2D eigenvalue weighted by Gasteiger charge is 2.39. The molecular weight excluding hydrogens is 292 g/mol. The molecule has 0 bridgehead atoms. The first-order valence-corrected chi connectivity index (χ1v) is 11.1. The molecule has 0 aliphatic rings. The van der Waals surface area contributed by atoms with Crippen molar-refractivity contribution < 1.29 is 4.43 Å². The fourth-order valence-electron chi connectivity index (χ4n) is 1.55. The topological polar surface area (TPSA) is 9.23 Å². The summed E-state index contributed by atoms with van der Waals surface area (Å²) in [5.41, 5.74) is 1.27. The van der Waals surface area contributed by atoms with Gasteiger partial charge in [0.2, 0.25) is 8.32 Å². The summed E-state index contributed by atoms with van der Waals surface area (Å²) in [7, 11) is -1.83. The maximum absolute atomic E-state index is 6.30. The maximum atomic E-state index is 6.30. The van der Waals surface area contributed by atoms with E-state index in [0.717, 1.165) is 5.76 Å². The Bertz CT molecular complexity index is 497. The summed E-state index contributed by atoms with van der Waals surface area (Å²) >= 11 is 1.74. The predicted molar refractivity (Wildman–Crippen MR) is 98.4 cm³/mol. The second-order valence-corrected chi connectivity index (χ2v) is 12.9. The molecule has 0 unspecified atom stereocenters. The van der Waals surface area contributed by atoms with Crippen molar-refractivity contribution in [2.24, 2.45) is 0 Å². The van der Waals surface area contributed by atoms with Crippen LogP contribution in [0.15, 0.2) is 54.2 Å². The van der Waals surface area contributed by atoms with Gasteiger partial charge in [0, 0.05) is 4.90 Å². The van der Waals surface area contributed by atoms with Crippen molar-refractivity contribution in [1.82, 2.24) is 0 Å². The molecular formula is C18H28OSSi. The van der Waals surface area contributed by atoms with E-state index < -0.39 is 8.32 Å². The fraction of sp³-hybridized carbons (Fsp3) is 0.444. The van der Waals surface area contributed by atoms with Crippen molar-refractivity contribution in [3.8, 4) is 0 Å². The van der Waals surface area contributed by atoms with E-state index in [1.807, 2.05) is 6.08 Å². The Balaban J connectivity index is 2.78. The second-order valence-electron chi connectivity index (χ2n) is 6.92. The average Bonchev–Trinajstić information content (AvgIpc) is 2.36. The minimum atomic E-state index is -1.83. The van der Waals surface area contributed by atoms with Crippen LogP contribution in [-0.2, 0) is 4.43 Å². The monoisotopic (exact) mass is 320 g/mol. The van der Waals surface area contributed by atoms with E-state index in [1.165, 1.54) is 10.5 Å². The summed E-state index contributed by atoms with van der Waals surface area (Å²) in [5.74, 6) is 0.821. The Kier molecular flexibility index (Phi) is 5.94. The summed E-state index contributed by atoms with van der Waals surface area (Å²) in [6, 6.07) is 8.52. The molecule has 0 N–H and O–H groups in total. The summed E-state index contributed by atoms with van der Waals surface area (Å²) in [6.45, 7) is 21.4. The SMILES string of the molecule is C=C[C@@H](Sc1ccc(C)cc1)C(=C)O[Si](C)(C)C(C)(C)C. The highest BCUT2D eigenvalue weighted by molar-refractivity contribution is 8.00. The molecule has 0 saturated heterocycles. The smallest absolute Gasteiger partial charge is 0.250 e. The van der Waals surface area contributed by atoms with Gasteiger partial charge in [-0.05, 0) is 37.2 Å². The van der Waals surface area contributed by atoms with Crippen molar-refractivity contribution in [3.63, 3.8) is 0 Å². The van der Waals surface area contributed by atoms with E-state index in [9.17, 15) is 0 Å². The van der Waals surface area contributed by atoms with Crippen molar-refractivity contribution in [2.75, 3.05) is 0 Å². The van der Waals surface area contributed by atoms with E-state index in [1.54, 1.807) is 11.8 Å². The molecule has 0 spiro atoms. The van der Waals surface area contributed by atoms with Crippen LogP contribution in [0.4, 0.5) is 0 Å². The zero-order valence-corrected chi connectivity index (χ0v) is 16.0. The van der Waals surface area contributed by atoms with Gasteiger partial charge < -0.3 is 4.43 Å². The zero-order chi connectivity index (χ0) is 16.3. The Hall–Kier alpha value is -0.933. The minimum absolute atomic E-state index is 0.0850. The summed E-state index contributed by atoms with van der Waals surface area (Å²) in [6.07, 6.45) is 1.92. The minimum Gasteiger partial charge on any atom is -0.546 e. The van der Waals surface area contributed by atoms with Crippen LogP contribution in [0.5, 0.6) is 0 Å². The molecule has 1 aromatic rings. The van der Waals surface area contributed by atoms with Gasteiger partial charge in [0.25, 0.3) is 0 Å². The van der Waals surface area contributed by atoms with Crippen molar-refractivity contribution in [3.05, 3.63) is 54.8 Å². The molecule has 0 aromatic heterocycles. The Morgan fingerprint density at radius 2 is 1.76 bits per heavy atom. The molecule has 1 aromatic carbocycles. The summed E-state index contributed by atoms with van der Waals surface area (Å²) < 4.78 is 6.30. The Morgan fingerprint density at radius 3 is 2.19 bits per heavy atom. The van der Waals surface area contributed by atoms with Crippen molar-refractivity contribution >= 4 is 20.1 Å². The molecule has 0 radical (unpaired) electrons. The number of hydrogen-bond donors (Lipinski definition) is 0. The predicted octanol–water partition coefficient (Wildman–Crippen LogP) is 6.18. The molecule has 0 fully saturated rings. The van der Waals surface area contributed by atoms with Crippen LogP contribution in [0, 0.1) is 6.92 Å². The second kappa shape index (κ2) is 6.88. The first-order valence-electron chi connectivity index (χ1n) is 7.30. The molecule has 0 aliphatic heterocycles. The van der Waals surface area contributed by atoms with E-state index in [0.29, 0.717) is 0 Å². The first kappa shape index (κ1) is 18.1. The molecule has 0 saturated carbocycles. The van der Waals surface area contributed by atoms with Crippen LogP contribution in [-0.4, -0.2) is 13.6 Å². The quantitative estimate of drug-likeness (QED) is 0.268. The normalized spacial score (nSPS) is 13.6. The third kappa shape index (κ3) is 5.08. The number of benzene rings is 1. The van der Waals surface area contributed by atoms with Crippen LogP contribution in [0.25, 0.3) is 0 Å². The van der Waals surface area contributed by atoms with Crippen LogP contribution in [0.2, 0.25) is 18.1 Å². The molecule has 21 heavy (non-hydrogen) atoms. The van der Waals surface area contributed by atoms with E-state index in [-0.39, 0.29) is 10.3 Å². The molecule has 3 heteroatoms. The van der Waals surface area contributed by atoms with Crippen LogP contribution < -0.4 is 0 Å².